The van der Waals surface area contributed by atoms with Crippen molar-refractivity contribution in [3.05, 3.63) is 28.2 Å². The van der Waals surface area contributed by atoms with Crippen LogP contribution in [0.4, 0.5) is 0 Å². The highest BCUT2D eigenvalue weighted by atomic mass is 35.5. The number of aliphatic imine (C=N–C) groups is 1. The van der Waals surface area contributed by atoms with Crippen molar-refractivity contribution in [2.75, 3.05) is 13.2 Å². The van der Waals surface area contributed by atoms with Crippen molar-refractivity contribution >= 4 is 29.2 Å². The van der Waals surface area contributed by atoms with Crippen molar-refractivity contribution in [2.24, 2.45) is 10.7 Å². The molecule has 112 valence electrons. The van der Waals surface area contributed by atoms with Gasteiger partial charge in [0.05, 0.1) is 11.6 Å². The molecule has 0 fully saturated rings. The molecule has 0 heterocycles. The summed E-state index contributed by atoms with van der Waals surface area (Å²) in [4.78, 5) is 4.23. The Morgan fingerprint density at radius 3 is 2.85 bits per heavy atom. The first kappa shape index (κ1) is 16.9. The third-order valence-corrected chi connectivity index (χ3v) is 3.27. The number of nitrogens with two attached hydrogens (primary N) is 1. The van der Waals surface area contributed by atoms with E-state index in [4.69, 9.17) is 33.7 Å². The van der Waals surface area contributed by atoms with Gasteiger partial charge < -0.3 is 15.8 Å². The molecule has 0 spiro atoms. The number of guanidine groups is 1. The standard InChI is InChI=1S/C14H21Cl2N3O/c1-3-10(2)19-14(17)18-7-4-8-20-13-6-5-11(15)9-12(13)16/h5-6,9-10H,3-4,7-8H2,1-2H3,(H3,17,18,19). The number of nitrogens with one attached hydrogen (secondary N) is 1. The average Bonchev–Trinajstić information content (AvgIpc) is 2.40. The van der Waals surface area contributed by atoms with Crippen LogP contribution in [0.5, 0.6) is 5.75 Å². The average molecular weight is 318 g/mol. The fraction of sp³-hybridized carbons (Fsp3) is 0.500. The largest absolute Gasteiger partial charge is 0.492 e. The van der Waals surface area contributed by atoms with Crippen molar-refractivity contribution in [1.29, 1.82) is 0 Å². The number of nitrogens with zero attached hydrogens (tertiary/aromatic N) is 1. The lowest BCUT2D eigenvalue weighted by atomic mass is 10.3. The fourth-order valence-electron chi connectivity index (χ4n) is 1.44. The van der Waals surface area contributed by atoms with E-state index in [0.29, 0.717) is 40.9 Å². The molecule has 0 saturated heterocycles. The second-order valence-corrected chi connectivity index (χ2v) is 5.34. The van der Waals surface area contributed by atoms with Crippen LogP contribution < -0.4 is 15.8 Å². The summed E-state index contributed by atoms with van der Waals surface area (Å²) in [5, 5.41) is 4.21. The topological polar surface area (TPSA) is 59.6 Å². The van der Waals surface area contributed by atoms with Crippen LogP contribution in [0.3, 0.4) is 0 Å². The summed E-state index contributed by atoms with van der Waals surface area (Å²) >= 11 is 11.8. The quantitative estimate of drug-likeness (QED) is 0.460. The molecule has 4 nitrogen and oxygen atoms in total. The Kier molecular flexibility index (Phi) is 7.55. The van der Waals surface area contributed by atoms with Gasteiger partial charge >= 0.3 is 0 Å². The molecule has 0 aliphatic carbocycles. The van der Waals surface area contributed by atoms with Crippen molar-refractivity contribution < 1.29 is 4.74 Å². The molecule has 0 aromatic heterocycles. The number of benzene rings is 1. The summed E-state index contributed by atoms with van der Waals surface area (Å²) in [6.45, 7) is 5.30. The van der Waals surface area contributed by atoms with Crippen LogP contribution in [0.2, 0.25) is 10.0 Å². The monoisotopic (exact) mass is 317 g/mol. The maximum atomic E-state index is 6.00. The molecule has 0 radical (unpaired) electrons. The molecule has 20 heavy (non-hydrogen) atoms. The second-order valence-electron chi connectivity index (χ2n) is 4.50. The van der Waals surface area contributed by atoms with Crippen LogP contribution in [0, 0.1) is 0 Å². The maximum absolute atomic E-state index is 6.00. The van der Waals surface area contributed by atoms with Gasteiger partial charge in [-0.3, -0.25) is 4.99 Å². The van der Waals surface area contributed by atoms with Gasteiger partial charge in [-0.15, -0.1) is 0 Å². The van der Waals surface area contributed by atoms with E-state index < -0.39 is 0 Å². The molecule has 0 saturated carbocycles. The molecular weight excluding hydrogens is 297 g/mol. The Hall–Kier alpha value is -1.13. The zero-order valence-electron chi connectivity index (χ0n) is 11.8. The SMILES string of the molecule is CCC(C)NC(N)=NCCCOc1ccc(Cl)cc1Cl. The zero-order valence-corrected chi connectivity index (χ0v) is 13.3. The van der Waals surface area contributed by atoms with Gasteiger partial charge in [0.1, 0.15) is 5.75 Å². The molecule has 1 atom stereocenters. The Bertz CT molecular complexity index is 452. The van der Waals surface area contributed by atoms with Crippen LogP contribution in [-0.4, -0.2) is 25.2 Å². The lowest BCUT2D eigenvalue weighted by Crippen LogP contribution is -2.38. The Morgan fingerprint density at radius 1 is 1.45 bits per heavy atom. The second kappa shape index (κ2) is 8.93. The van der Waals surface area contributed by atoms with Gasteiger partial charge in [-0.25, -0.2) is 0 Å². The first-order valence-electron chi connectivity index (χ1n) is 6.67. The maximum Gasteiger partial charge on any atom is 0.188 e. The molecule has 0 amide bonds. The highest BCUT2D eigenvalue weighted by Gasteiger charge is 2.02. The molecule has 0 aliphatic rings. The van der Waals surface area contributed by atoms with E-state index in [1.54, 1.807) is 18.2 Å². The minimum absolute atomic E-state index is 0.336. The number of ether oxygens (including phenoxy) is 1. The van der Waals surface area contributed by atoms with Gasteiger partial charge in [0, 0.05) is 24.0 Å². The first-order chi connectivity index (χ1) is 9.52. The number of halogens is 2. The summed E-state index contributed by atoms with van der Waals surface area (Å²) < 4.78 is 5.55. The van der Waals surface area contributed by atoms with Crippen LogP contribution in [0.25, 0.3) is 0 Å². The molecule has 1 aromatic rings. The number of hydrogen-bond donors (Lipinski definition) is 2. The van der Waals surface area contributed by atoms with Crippen molar-refractivity contribution in [2.45, 2.75) is 32.7 Å². The predicted octanol–water partition coefficient (Wildman–Crippen LogP) is 3.47. The lowest BCUT2D eigenvalue weighted by molar-refractivity contribution is 0.313. The van der Waals surface area contributed by atoms with E-state index in [1.165, 1.54) is 0 Å². The highest BCUT2D eigenvalue weighted by molar-refractivity contribution is 6.35. The smallest absolute Gasteiger partial charge is 0.188 e. The van der Waals surface area contributed by atoms with E-state index in [-0.39, 0.29) is 0 Å². The van der Waals surface area contributed by atoms with Gasteiger partial charge in [-0.1, -0.05) is 30.1 Å². The summed E-state index contributed by atoms with van der Waals surface area (Å²) in [6, 6.07) is 5.50. The van der Waals surface area contributed by atoms with Crippen molar-refractivity contribution in [3.63, 3.8) is 0 Å². The molecular formula is C14H21Cl2N3O. The minimum Gasteiger partial charge on any atom is -0.492 e. The molecule has 0 bridgehead atoms. The Labute approximate surface area is 130 Å². The van der Waals surface area contributed by atoms with Gasteiger partial charge in [0.25, 0.3) is 0 Å². The van der Waals surface area contributed by atoms with Crippen molar-refractivity contribution in [1.82, 2.24) is 5.32 Å². The number of hydrogen-bond acceptors (Lipinski definition) is 2. The molecule has 1 unspecified atom stereocenters. The van der Waals surface area contributed by atoms with E-state index in [9.17, 15) is 0 Å². The summed E-state index contributed by atoms with van der Waals surface area (Å²) in [7, 11) is 0. The highest BCUT2D eigenvalue weighted by Crippen LogP contribution is 2.27. The third kappa shape index (κ3) is 6.35. The summed E-state index contributed by atoms with van der Waals surface area (Å²) in [6.07, 6.45) is 1.77. The molecule has 3 N–H and O–H groups in total. The van der Waals surface area contributed by atoms with E-state index >= 15 is 0 Å². The minimum atomic E-state index is 0.336. The van der Waals surface area contributed by atoms with Crippen LogP contribution in [-0.2, 0) is 0 Å². The summed E-state index contributed by atoms with van der Waals surface area (Å²) in [5.41, 5.74) is 5.75. The Balaban J connectivity index is 2.26. The first-order valence-corrected chi connectivity index (χ1v) is 7.42. The van der Waals surface area contributed by atoms with Crippen LogP contribution >= 0.6 is 23.2 Å². The van der Waals surface area contributed by atoms with E-state index in [2.05, 4.69) is 24.2 Å². The van der Waals surface area contributed by atoms with Gasteiger partial charge in [-0.2, -0.15) is 0 Å². The zero-order chi connectivity index (χ0) is 15.0. The third-order valence-electron chi connectivity index (χ3n) is 2.74. The van der Waals surface area contributed by atoms with E-state index in [1.807, 2.05) is 0 Å². The van der Waals surface area contributed by atoms with Gasteiger partial charge in [0.15, 0.2) is 5.96 Å². The summed E-state index contributed by atoms with van der Waals surface area (Å²) in [5.74, 6) is 1.11. The van der Waals surface area contributed by atoms with Crippen molar-refractivity contribution in [3.8, 4) is 5.75 Å². The van der Waals surface area contributed by atoms with E-state index in [0.717, 1.165) is 12.8 Å². The van der Waals surface area contributed by atoms with Crippen LogP contribution in [0.15, 0.2) is 23.2 Å². The molecule has 1 rings (SSSR count). The molecule has 0 aliphatic heterocycles. The lowest BCUT2D eigenvalue weighted by Gasteiger charge is -2.11. The van der Waals surface area contributed by atoms with Gasteiger partial charge in [-0.05, 0) is 31.5 Å². The van der Waals surface area contributed by atoms with Crippen LogP contribution in [0.1, 0.15) is 26.7 Å². The predicted molar refractivity (Wildman–Crippen MR) is 86.0 cm³/mol. The molecule has 1 aromatic carbocycles. The normalized spacial score (nSPS) is 13.1. The molecule has 6 heteroatoms. The number of rotatable bonds is 7. The Morgan fingerprint density at radius 2 is 2.20 bits per heavy atom. The fourth-order valence-corrected chi connectivity index (χ4v) is 1.90. The van der Waals surface area contributed by atoms with Gasteiger partial charge in [0.2, 0.25) is 0 Å².